The Bertz CT molecular complexity index is 477. The molecule has 2 aromatic rings. The van der Waals surface area contributed by atoms with Gasteiger partial charge in [-0.05, 0) is 17.8 Å². The summed E-state index contributed by atoms with van der Waals surface area (Å²) < 4.78 is 0. The summed E-state index contributed by atoms with van der Waals surface area (Å²) in [4.78, 5) is 4.41. The summed E-state index contributed by atoms with van der Waals surface area (Å²) in [6.45, 7) is 6.96. The molecule has 0 aliphatic heterocycles. The number of aromatic nitrogens is 1. The zero-order chi connectivity index (χ0) is 11.6. The predicted octanol–water partition coefficient (Wildman–Crippen LogP) is 3.08. The zero-order valence-corrected chi connectivity index (χ0v) is 13.6. The van der Waals surface area contributed by atoms with Crippen LogP contribution in [0, 0.1) is 6.07 Å². The Morgan fingerprint density at radius 1 is 1.12 bits per heavy atom. The fourth-order valence-electron chi connectivity index (χ4n) is 1.54. The van der Waals surface area contributed by atoms with Gasteiger partial charge in [0.05, 0.1) is 25.3 Å². The van der Waals surface area contributed by atoms with E-state index in [9.17, 15) is 0 Å². The molecule has 1 radical (unpaired) electrons. The molecule has 91 valence electrons. The Labute approximate surface area is 117 Å². The van der Waals surface area contributed by atoms with Crippen LogP contribution in [0.5, 0.6) is 0 Å². The Hall–Kier alpha value is -0.551. The molecule has 0 fully saturated rings. The molecule has 0 spiro atoms. The van der Waals surface area contributed by atoms with Crippen molar-refractivity contribution in [2.75, 3.05) is 20.0 Å². The number of hydrogen-bond acceptors (Lipinski definition) is 1. The molecule has 0 saturated heterocycles. The van der Waals surface area contributed by atoms with Crippen molar-refractivity contribution in [2.45, 2.75) is 0 Å². The Balaban J connectivity index is 0.00000144. The third kappa shape index (κ3) is 3.71. The molecule has 0 unspecified atom stereocenters. The minimum absolute atomic E-state index is 0. The van der Waals surface area contributed by atoms with E-state index in [2.05, 4.69) is 43.2 Å². The average Bonchev–Trinajstić information content (AvgIpc) is 2.29. The molecular weight excluding hydrogens is 405 g/mol. The van der Waals surface area contributed by atoms with Gasteiger partial charge in [-0.3, -0.25) is 0 Å². The van der Waals surface area contributed by atoms with Gasteiger partial charge in [-0.1, -0.05) is 0 Å². The fourth-order valence-corrected chi connectivity index (χ4v) is 2.56. The van der Waals surface area contributed by atoms with Gasteiger partial charge in [-0.25, -0.2) is 0 Å². The topological polar surface area (TPSA) is 12.9 Å². The maximum Gasteiger partial charge on any atom is 0.0875 e. The van der Waals surface area contributed by atoms with Gasteiger partial charge in [0.2, 0.25) is 0 Å². The van der Waals surface area contributed by atoms with Crippen LogP contribution in [0.25, 0.3) is 11.3 Å². The summed E-state index contributed by atoms with van der Waals surface area (Å²) in [7, 11) is -0.969. The molecule has 1 aromatic carbocycles. The molecule has 0 amide bonds. The van der Waals surface area contributed by atoms with Crippen molar-refractivity contribution >= 4 is 12.6 Å². The molecule has 0 bridgehead atoms. The third-order valence-electron chi connectivity index (χ3n) is 2.50. The molecular formula is C14H16IrNP. The molecule has 17 heavy (non-hydrogen) atoms. The summed E-state index contributed by atoms with van der Waals surface area (Å²) in [5.41, 5.74) is 2.09. The largest absolute Gasteiger partial charge is 0.304 e. The molecule has 0 saturated carbocycles. The van der Waals surface area contributed by atoms with Crippen molar-refractivity contribution in [1.29, 1.82) is 0 Å². The van der Waals surface area contributed by atoms with Crippen LogP contribution in [-0.2, 0) is 20.1 Å². The van der Waals surface area contributed by atoms with E-state index in [0.29, 0.717) is 0 Å². The zero-order valence-electron chi connectivity index (χ0n) is 10.3. The first-order valence-corrected chi connectivity index (χ1v) is 8.45. The third-order valence-corrected chi connectivity index (χ3v) is 4.33. The van der Waals surface area contributed by atoms with Gasteiger partial charge in [0.25, 0.3) is 0 Å². The molecule has 0 aliphatic rings. The molecule has 0 aliphatic carbocycles. The van der Waals surface area contributed by atoms with Crippen molar-refractivity contribution in [1.82, 2.24) is 4.98 Å². The average molecular weight is 421 g/mol. The van der Waals surface area contributed by atoms with E-state index in [1.54, 1.807) is 0 Å². The predicted molar refractivity (Wildman–Crippen MR) is 72.8 cm³/mol. The molecule has 0 N–H and O–H groups in total. The second-order valence-electron chi connectivity index (χ2n) is 4.69. The van der Waals surface area contributed by atoms with Crippen molar-refractivity contribution < 1.29 is 20.1 Å². The van der Waals surface area contributed by atoms with Gasteiger partial charge in [-0.2, -0.15) is 0 Å². The minimum atomic E-state index is -0.969. The van der Waals surface area contributed by atoms with E-state index in [1.807, 2.05) is 30.5 Å². The smallest absolute Gasteiger partial charge is 0.0875 e. The summed E-state index contributed by atoms with van der Waals surface area (Å²) in [6, 6.07) is 15.5. The van der Waals surface area contributed by atoms with Gasteiger partial charge >= 0.3 is 0 Å². The molecule has 2 rings (SSSR count). The van der Waals surface area contributed by atoms with Gasteiger partial charge in [0.15, 0.2) is 0 Å². The van der Waals surface area contributed by atoms with Crippen LogP contribution in [0.3, 0.4) is 0 Å². The standard InChI is InChI=1S/C14H16NP.Ir/c1-16(2,3)13-9-10-15-14(11-13)12-7-5-4-6-8-12;/h4-7,9-11H,1-3H3;. The number of pyridine rings is 1. The van der Waals surface area contributed by atoms with Crippen molar-refractivity contribution in [3.8, 4) is 11.3 Å². The van der Waals surface area contributed by atoms with Gasteiger partial charge in [-0.15, -0.1) is 35.9 Å². The quantitative estimate of drug-likeness (QED) is 0.537. The first kappa shape index (κ1) is 14.5. The van der Waals surface area contributed by atoms with E-state index < -0.39 is 7.26 Å². The summed E-state index contributed by atoms with van der Waals surface area (Å²) in [5.74, 6) is 0. The van der Waals surface area contributed by atoms with Crippen LogP contribution < -0.4 is 5.30 Å². The number of benzene rings is 1. The van der Waals surface area contributed by atoms with Crippen molar-refractivity contribution in [3.63, 3.8) is 0 Å². The molecule has 3 heteroatoms. The number of rotatable bonds is 2. The van der Waals surface area contributed by atoms with Gasteiger partial charge in [0.1, 0.15) is 0 Å². The van der Waals surface area contributed by atoms with Crippen molar-refractivity contribution in [2.24, 2.45) is 0 Å². The maximum atomic E-state index is 4.41. The number of hydrogen-bond donors (Lipinski definition) is 0. The van der Waals surface area contributed by atoms with Crippen LogP contribution >= 0.6 is 7.26 Å². The first-order valence-electron chi connectivity index (χ1n) is 5.32. The molecule has 1 nitrogen and oxygen atoms in total. The van der Waals surface area contributed by atoms with Crippen LogP contribution in [0.2, 0.25) is 0 Å². The van der Waals surface area contributed by atoms with Crippen LogP contribution in [-0.4, -0.2) is 25.0 Å². The molecule has 1 heterocycles. The van der Waals surface area contributed by atoms with Gasteiger partial charge in [0, 0.05) is 33.6 Å². The van der Waals surface area contributed by atoms with Crippen molar-refractivity contribution in [3.05, 3.63) is 48.7 Å². The summed E-state index contributed by atoms with van der Waals surface area (Å²) in [6.07, 6.45) is 1.90. The van der Waals surface area contributed by atoms with Crippen LogP contribution in [0.15, 0.2) is 42.6 Å². The fraction of sp³-hybridized carbons (Fsp3) is 0.214. The SMILES string of the molecule is C[P+](C)(C)c1ccnc(-c2[c-]cccc2)c1.[Ir]. The van der Waals surface area contributed by atoms with E-state index in [4.69, 9.17) is 0 Å². The Morgan fingerprint density at radius 2 is 1.88 bits per heavy atom. The normalized spacial score (nSPS) is 10.8. The summed E-state index contributed by atoms with van der Waals surface area (Å²) >= 11 is 0. The van der Waals surface area contributed by atoms with E-state index in [-0.39, 0.29) is 20.1 Å². The monoisotopic (exact) mass is 422 g/mol. The first-order chi connectivity index (χ1) is 7.57. The second-order valence-corrected chi connectivity index (χ2v) is 9.23. The van der Waals surface area contributed by atoms with E-state index in [0.717, 1.165) is 11.3 Å². The second kappa shape index (κ2) is 5.87. The maximum absolute atomic E-state index is 4.41. The van der Waals surface area contributed by atoms with E-state index in [1.165, 1.54) is 5.30 Å². The van der Waals surface area contributed by atoms with E-state index >= 15 is 0 Å². The minimum Gasteiger partial charge on any atom is -0.304 e. The van der Waals surface area contributed by atoms with Crippen LogP contribution in [0.4, 0.5) is 0 Å². The number of nitrogens with zero attached hydrogens (tertiary/aromatic N) is 1. The van der Waals surface area contributed by atoms with Gasteiger partial charge < -0.3 is 4.98 Å². The Morgan fingerprint density at radius 3 is 2.47 bits per heavy atom. The molecule has 0 atom stereocenters. The van der Waals surface area contributed by atoms with Crippen LogP contribution in [0.1, 0.15) is 0 Å². The Kier molecular flexibility index (Phi) is 5.01. The summed E-state index contributed by atoms with van der Waals surface area (Å²) in [5, 5.41) is 1.41. The molecule has 1 aromatic heterocycles.